The van der Waals surface area contributed by atoms with Gasteiger partial charge < -0.3 is 20.7 Å². The lowest BCUT2D eigenvalue weighted by Gasteiger charge is -2.43. The Labute approximate surface area is 206 Å². The third-order valence-electron chi connectivity index (χ3n) is 7.86. The molecule has 0 bridgehead atoms. The Kier molecular flexibility index (Phi) is 7.12. The topological polar surface area (TPSA) is 62.4 Å². The molecule has 2 fully saturated rings. The number of carbonyl (C=O) groups excluding carboxylic acids is 1. The molecule has 7 heteroatoms. The summed E-state index contributed by atoms with van der Waals surface area (Å²) in [5.41, 5.74) is 0.421. The van der Waals surface area contributed by atoms with Gasteiger partial charge in [-0.1, -0.05) is 38.5 Å². The van der Waals surface area contributed by atoms with E-state index in [4.69, 9.17) is 4.74 Å². The molecule has 5 rings (SSSR count). The first kappa shape index (κ1) is 23.9. The standard InChI is InChI=1S/C28H35F2N3O2/c29-20-11-14-23(15-12-20)35-18-28(32-24-16-13-21(30)17-25(24)33-28)26(19-7-3-1-4-8-19)27(34)31-22-9-5-2-6-10-22/h11-17,19,22,26,32-33H,1-10,18H2,(H,31,34). The molecular formula is C28H35F2N3O2. The highest BCUT2D eigenvalue weighted by Crippen LogP contribution is 2.44. The van der Waals surface area contributed by atoms with Gasteiger partial charge in [-0.05, 0) is 74.1 Å². The number of nitrogens with one attached hydrogen (secondary N) is 3. The molecule has 2 unspecified atom stereocenters. The summed E-state index contributed by atoms with van der Waals surface area (Å²) >= 11 is 0. The quantitative estimate of drug-likeness (QED) is 0.437. The molecule has 35 heavy (non-hydrogen) atoms. The van der Waals surface area contributed by atoms with Crippen LogP contribution in [0.3, 0.4) is 0 Å². The van der Waals surface area contributed by atoms with E-state index >= 15 is 0 Å². The molecule has 0 aromatic heterocycles. The Balaban J connectivity index is 1.47. The minimum atomic E-state index is -0.953. The van der Waals surface area contributed by atoms with Gasteiger partial charge >= 0.3 is 0 Å². The first-order valence-electron chi connectivity index (χ1n) is 13.1. The molecule has 2 aromatic rings. The molecule has 1 heterocycles. The molecule has 3 aliphatic rings. The van der Waals surface area contributed by atoms with E-state index in [9.17, 15) is 13.6 Å². The SMILES string of the molecule is O=C(NC1CCCCC1)C(C1CCCCC1)C1(COc2ccc(F)cc2)Nc2ccc(F)cc2N1. The summed E-state index contributed by atoms with van der Waals surface area (Å²) in [6.07, 6.45) is 10.8. The lowest BCUT2D eigenvalue weighted by atomic mass is 9.73. The first-order valence-corrected chi connectivity index (χ1v) is 13.1. The van der Waals surface area contributed by atoms with Crippen molar-refractivity contribution in [3.05, 3.63) is 54.1 Å². The van der Waals surface area contributed by atoms with Crippen LogP contribution >= 0.6 is 0 Å². The second kappa shape index (κ2) is 10.4. The normalized spacial score (nSPS) is 23.6. The fraction of sp³-hybridized carbons (Fsp3) is 0.536. The average Bonchev–Trinajstić information content (AvgIpc) is 3.23. The van der Waals surface area contributed by atoms with Crippen LogP contribution in [0.5, 0.6) is 5.75 Å². The monoisotopic (exact) mass is 483 g/mol. The van der Waals surface area contributed by atoms with Crippen molar-refractivity contribution in [3.63, 3.8) is 0 Å². The highest BCUT2D eigenvalue weighted by atomic mass is 19.1. The van der Waals surface area contributed by atoms with Crippen LogP contribution in [-0.4, -0.2) is 24.2 Å². The summed E-state index contributed by atoms with van der Waals surface area (Å²) in [6, 6.07) is 10.7. The van der Waals surface area contributed by atoms with E-state index < -0.39 is 11.6 Å². The average molecular weight is 484 g/mol. The van der Waals surface area contributed by atoms with Gasteiger partial charge in [0.25, 0.3) is 0 Å². The number of halogens is 2. The van der Waals surface area contributed by atoms with Crippen molar-refractivity contribution in [3.8, 4) is 5.75 Å². The van der Waals surface area contributed by atoms with Gasteiger partial charge in [0, 0.05) is 6.04 Å². The summed E-state index contributed by atoms with van der Waals surface area (Å²) < 4.78 is 33.7. The van der Waals surface area contributed by atoms with E-state index in [1.165, 1.54) is 37.1 Å². The van der Waals surface area contributed by atoms with E-state index in [-0.39, 0.29) is 36.1 Å². The molecule has 0 radical (unpaired) electrons. The Bertz CT molecular complexity index is 1020. The van der Waals surface area contributed by atoms with Crippen LogP contribution in [0.2, 0.25) is 0 Å². The fourth-order valence-electron chi connectivity index (χ4n) is 6.13. The smallest absolute Gasteiger partial charge is 0.228 e. The van der Waals surface area contributed by atoms with E-state index in [1.807, 2.05) is 0 Å². The minimum absolute atomic E-state index is 0.0276. The van der Waals surface area contributed by atoms with Crippen LogP contribution < -0.4 is 20.7 Å². The van der Waals surface area contributed by atoms with Crippen molar-refractivity contribution in [2.24, 2.45) is 11.8 Å². The molecule has 2 saturated carbocycles. The van der Waals surface area contributed by atoms with Crippen molar-refractivity contribution < 1.29 is 18.3 Å². The summed E-state index contributed by atoms with van der Waals surface area (Å²) in [5.74, 6) is -0.372. The van der Waals surface area contributed by atoms with E-state index in [1.54, 1.807) is 18.2 Å². The maximum atomic E-state index is 14.1. The molecule has 0 saturated heterocycles. The zero-order valence-corrected chi connectivity index (χ0v) is 20.1. The Hall–Kier alpha value is -2.83. The van der Waals surface area contributed by atoms with Gasteiger partial charge in [0.1, 0.15) is 24.0 Å². The predicted octanol–water partition coefficient (Wildman–Crippen LogP) is 6.22. The van der Waals surface area contributed by atoms with Gasteiger partial charge in [-0.25, -0.2) is 8.78 Å². The van der Waals surface area contributed by atoms with Crippen molar-refractivity contribution >= 4 is 17.3 Å². The van der Waals surface area contributed by atoms with Gasteiger partial charge in [-0.3, -0.25) is 4.79 Å². The zero-order valence-electron chi connectivity index (χ0n) is 20.1. The maximum absolute atomic E-state index is 14.1. The van der Waals surface area contributed by atoms with E-state index in [0.717, 1.165) is 57.1 Å². The Morgan fingerprint density at radius 2 is 1.51 bits per heavy atom. The largest absolute Gasteiger partial charge is 0.489 e. The number of carbonyl (C=O) groups is 1. The molecule has 2 aliphatic carbocycles. The maximum Gasteiger partial charge on any atom is 0.228 e. The van der Waals surface area contributed by atoms with Crippen LogP contribution in [0.4, 0.5) is 20.2 Å². The third kappa shape index (κ3) is 5.39. The predicted molar refractivity (Wildman–Crippen MR) is 133 cm³/mol. The molecule has 2 atom stereocenters. The second-order valence-corrected chi connectivity index (χ2v) is 10.4. The molecule has 2 aromatic carbocycles. The molecule has 5 nitrogen and oxygen atoms in total. The number of benzene rings is 2. The lowest BCUT2D eigenvalue weighted by molar-refractivity contribution is -0.130. The van der Waals surface area contributed by atoms with E-state index in [2.05, 4.69) is 16.0 Å². The number of ether oxygens (including phenoxy) is 1. The van der Waals surface area contributed by atoms with Gasteiger partial charge in [-0.2, -0.15) is 0 Å². The molecule has 0 spiro atoms. The zero-order chi connectivity index (χ0) is 24.3. The molecule has 3 N–H and O–H groups in total. The minimum Gasteiger partial charge on any atom is -0.489 e. The van der Waals surface area contributed by atoms with Gasteiger partial charge in [0.05, 0.1) is 17.3 Å². The number of fused-ring (bicyclic) bond motifs is 1. The van der Waals surface area contributed by atoms with Gasteiger partial charge in [0.15, 0.2) is 5.66 Å². The number of hydrogen-bond donors (Lipinski definition) is 3. The summed E-state index contributed by atoms with van der Waals surface area (Å²) in [5, 5.41) is 10.4. The van der Waals surface area contributed by atoms with Crippen LogP contribution in [0.15, 0.2) is 42.5 Å². The molecule has 1 aliphatic heterocycles. The lowest BCUT2D eigenvalue weighted by Crippen LogP contribution is -2.61. The number of hydrogen-bond acceptors (Lipinski definition) is 4. The van der Waals surface area contributed by atoms with Crippen molar-refractivity contribution in [1.29, 1.82) is 0 Å². The van der Waals surface area contributed by atoms with Gasteiger partial charge in [-0.15, -0.1) is 0 Å². The van der Waals surface area contributed by atoms with Crippen LogP contribution in [0.25, 0.3) is 0 Å². The fourth-order valence-corrected chi connectivity index (χ4v) is 6.13. The number of anilines is 2. The first-order chi connectivity index (χ1) is 17.0. The van der Waals surface area contributed by atoms with Crippen LogP contribution in [0.1, 0.15) is 64.2 Å². The third-order valence-corrected chi connectivity index (χ3v) is 7.86. The van der Waals surface area contributed by atoms with E-state index in [0.29, 0.717) is 11.4 Å². The summed E-state index contributed by atoms with van der Waals surface area (Å²) in [4.78, 5) is 14.0. The highest BCUT2D eigenvalue weighted by Gasteiger charge is 2.51. The second-order valence-electron chi connectivity index (χ2n) is 10.4. The van der Waals surface area contributed by atoms with Gasteiger partial charge in [0.2, 0.25) is 5.91 Å². The summed E-state index contributed by atoms with van der Waals surface area (Å²) in [7, 11) is 0. The summed E-state index contributed by atoms with van der Waals surface area (Å²) in [6.45, 7) is 0.133. The number of rotatable bonds is 7. The highest BCUT2D eigenvalue weighted by molar-refractivity contribution is 5.86. The Morgan fingerprint density at radius 1 is 0.886 bits per heavy atom. The van der Waals surface area contributed by atoms with Crippen molar-refractivity contribution in [2.75, 3.05) is 17.2 Å². The van der Waals surface area contributed by atoms with Crippen molar-refractivity contribution in [1.82, 2.24) is 5.32 Å². The molecule has 1 amide bonds. The van der Waals surface area contributed by atoms with Crippen LogP contribution in [-0.2, 0) is 4.79 Å². The van der Waals surface area contributed by atoms with Crippen molar-refractivity contribution in [2.45, 2.75) is 75.9 Å². The molecule has 188 valence electrons. The number of amides is 1. The van der Waals surface area contributed by atoms with Crippen LogP contribution in [0, 0.1) is 23.5 Å². The Morgan fingerprint density at radius 3 is 2.23 bits per heavy atom. The molecular weight excluding hydrogens is 448 g/mol.